The maximum Gasteiger partial charge on any atom is 0.239 e. The SMILES string of the molecule is COCC(N)C(=O)NCc1ncn[nH]1. The van der Waals surface area contributed by atoms with Crippen LogP contribution in [-0.4, -0.2) is 40.8 Å². The molecule has 0 aliphatic heterocycles. The molecular weight excluding hydrogens is 186 g/mol. The number of hydrogen-bond donors (Lipinski definition) is 3. The maximum absolute atomic E-state index is 11.2. The van der Waals surface area contributed by atoms with Gasteiger partial charge in [0.15, 0.2) is 0 Å². The lowest BCUT2D eigenvalue weighted by Gasteiger charge is -2.09. The number of amides is 1. The van der Waals surface area contributed by atoms with Crippen molar-refractivity contribution < 1.29 is 9.53 Å². The summed E-state index contributed by atoms with van der Waals surface area (Å²) in [6.45, 7) is 0.485. The summed E-state index contributed by atoms with van der Waals surface area (Å²) in [6, 6.07) is -0.650. The van der Waals surface area contributed by atoms with Crippen molar-refractivity contribution in [2.75, 3.05) is 13.7 Å². The number of nitrogens with zero attached hydrogens (tertiary/aromatic N) is 2. The summed E-state index contributed by atoms with van der Waals surface area (Å²) < 4.78 is 4.74. The minimum Gasteiger partial charge on any atom is -0.383 e. The number of rotatable bonds is 5. The Balaban J connectivity index is 2.27. The third-order valence-corrected chi connectivity index (χ3v) is 1.58. The van der Waals surface area contributed by atoms with Crippen molar-refractivity contribution in [1.82, 2.24) is 20.5 Å². The number of methoxy groups -OCH3 is 1. The molecule has 0 fully saturated rings. The second-order valence-corrected chi connectivity index (χ2v) is 2.71. The highest BCUT2D eigenvalue weighted by Crippen LogP contribution is 1.86. The predicted octanol–water partition coefficient (Wildman–Crippen LogP) is -1.61. The van der Waals surface area contributed by atoms with E-state index in [1.54, 1.807) is 0 Å². The van der Waals surface area contributed by atoms with Gasteiger partial charge in [0.1, 0.15) is 18.2 Å². The molecule has 0 bridgehead atoms. The average molecular weight is 199 g/mol. The minimum atomic E-state index is -0.650. The largest absolute Gasteiger partial charge is 0.383 e. The van der Waals surface area contributed by atoms with Crippen LogP contribution < -0.4 is 11.1 Å². The van der Waals surface area contributed by atoms with E-state index in [-0.39, 0.29) is 19.1 Å². The van der Waals surface area contributed by atoms with E-state index in [0.29, 0.717) is 5.82 Å². The predicted molar refractivity (Wildman–Crippen MR) is 48.1 cm³/mol. The van der Waals surface area contributed by atoms with Crippen LogP contribution in [-0.2, 0) is 16.1 Å². The van der Waals surface area contributed by atoms with Gasteiger partial charge in [0.2, 0.25) is 5.91 Å². The Morgan fingerprint density at radius 1 is 1.86 bits per heavy atom. The van der Waals surface area contributed by atoms with Crippen molar-refractivity contribution in [2.45, 2.75) is 12.6 Å². The normalized spacial score (nSPS) is 12.4. The first-order chi connectivity index (χ1) is 6.74. The zero-order chi connectivity index (χ0) is 10.4. The Kier molecular flexibility index (Phi) is 4.02. The number of carbonyl (C=O) groups is 1. The fourth-order valence-corrected chi connectivity index (χ4v) is 0.873. The van der Waals surface area contributed by atoms with E-state index < -0.39 is 6.04 Å². The first kappa shape index (κ1) is 10.6. The fourth-order valence-electron chi connectivity index (χ4n) is 0.873. The van der Waals surface area contributed by atoms with Gasteiger partial charge in [0.25, 0.3) is 0 Å². The zero-order valence-electron chi connectivity index (χ0n) is 7.86. The van der Waals surface area contributed by atoms with Crippen molar-refractivity contribution in [3.05, 3.63) is 12.2 Å². The van der Waals surface area contributed by atoms with E-state index in [1.807, 2.05) is 0 Å². The molecule has 4 N–H and O–H groups in total. The van der Waals surface area contributed by atoms with Crippen LogP contribution in [0.5, 0.6) is 0 Å². The molecule has 1 amide bonds. The van der Waals surface area contributed by atoms with E-state index in [1.165, 1.54) is 13.4 Å². The quantitative estimate of drug-likeness (QED) is 0.529. The Morgan fingerprint density at radius 3 is 3.21 bits per heavy atom. The van der Waals surface area contributed by atoms with E-state index in [9.17, 15) is 4.79 Å². The molecule has 0 saturated heterocycles. The first-order valence-corrected chi connectivity index (χ1v) is 4.10. The molecule has 78 valence electrons. The zero-order valence-corrected chi connectivity index (χ0v) is 7.86. The maximum atomic E-state index is 11.2. The summed E-state index contributed by atoms with van der Waals surface area (Å²) in [5, 5.41) is 8.85. The number of ether oxygens (including phenoxy) is 1. The molecule has 7 heteroatoms. The summed E-state index contributed by atoms with van der Waals surface area (Å²) in [4.78, 5) is 15.1. The highest BCUT2D eigenvalue weighted by atomic mass is 16.5. The van der Waals surface area contributed by atoms with Gasteiger partial charge < -0.3 is 15.8 Å². The first-order valence-electron chi connectivity index (χ1n) is 4.10. The van der Waals surface area contributed by atoms with Crippen LogP contribution in [0.1, 0.15) is 5.82 Å². The molecular formula is C7H13N5O2. The molecule has 1 heterocycles. The number of hydrogen-bond acceptors (Lipinski definition) is 5. The third-order valence-electron chi connectivity index (χ3n) is 1.58. The Labute approximate surface area is 81.0 Å². The summed E-state index contributed by atoms with van der Waals surface area (Å²) in [7, 11) is 1.49. The van der Waals surface area contributed by atoms with Crippen molar-refractivity contribution in [1.29, 1.82) is 0 Å². The number of carbonyl (C=O) groups excluding carboxylic acids is 1. The number of H-pyrrole nitrogens is 1. The Morgan fingerprint density at radius 2 is 2.64 bits per heavy atom. The molecule has 7 nitrogen and oxygen atoms in total. The molecule has 1 unspecified atom stereocenters. The van der Waals surface area contributed by atoms with Gasteiger partial charge in [-0.05, 0) is 0 Å². The van der Waals surface area contributed by atoms with E-state index in [2.05, 4.69) is 20.5 Å². The van der Waals surface area contributed by atoms with Crippen LogP contribution in [0.3, 0.4) is 0 Å². The molecule has 1 aromatic heterocycles. The van der Waals surface area contributed by atoms with Crippen molar-refractivity contribution in [2.24, 2.45) is 5.73 Å². The van der Waals surface area contributed by atoms with Crippen molar-refractivity contribution in [3.63, 3.8) is 0 Å². The Hall–Kier alpha value is -1.47. The lowest BCUT2D eigenvalue weighted by molar-refractivity contribution is -0.123. The second kappa shape index (κ2) is 5.30. The third kappa shape index (κ3) is 3.11. The molecule has 1 atom stereocenters. The van der Waals surface area contributed by atoms with Crippen LogP contribution in [0.4, 0.5) is 0 Å². The standard InChI is InChI=1S/C7H13N5O2/c1-14-3-5(8)7(13)9-2-6-10-4-11-12-6/h4-5H,2-3,8H2,1H3,(H,9,13)(H,10,11,12). The summed E-state index contributed by atoms with van der Waals surface area (Å²) >= 11 is 0. The van der Waals surface area contributed by atoms with Crippen LogP contribution >= 0.6 is 0 Å². The lowest BCUT2D eigenvalue weighted by atomic mass is 10.3. The number of aromatic nitrogens is 3. The smallest absolute Gasteiger partial charge is 0.239 e. The van der Waals surface area contributed by atoms with Gasteiger partial charge in [-0.2, -0.15) is 5.10 Å². The van der Waals surface area contributed by atoms with Crippen LogP contribution in [0.15, 0.2) is 6.33 Å². The van der Waals surface area contributed by atoms with Crippen LogP contribution in [0, 0.1) is 0 Å². The molecule has 0 aliphatic rings. The summed E-state index contributed by atoms with van der Waals surface area (Å²) in [5.74, 6) is 0.311. The monoisotopic (exact) mass is 199 g/mol. The van der Waals surface area contributed by atoms with Gasteiger partial charge in [-0.3, -0.25) is 9.89 Å². The van der Waals surface area contributed by atoms with Crippen LogP contribution in [0.25, 0.3) is 0 Å². The second-order valence-electron chi connectivity index (χ2n) is 2.71. The van der Waals surface area contributed by atoms with Gasteiger partial charge in [-0.15, -0.1) is 0 Å². The summed E-state index contributed by atoms with van der Waals surface area (Å²) in [6.07, 6.45) is 1.37. The van der Waals surface area contributed by atoms with Gasteiger partial charge >= 0.3 is 0 Å². The van der Waals surface area contributed by atoms with Gasteiger partial charge in [0.05, 0.1) is 13.2 Å². The number of nitrogens with one attached hydrogen (secondary N) is 2. The van der Waals surface area contributed by atoms with E-state index >= 15 is 0 Å². The molecule has 14 heavy (non-hydrogen) atoms. The van der Waals surface area contributed by atoms with Gasteiger partial charge in [0, 0.05) is 7.11 Å². The molecule has 0 radical (unpaired) electrons. The highest BCUT2D eigenvalue weighted by molar-refractivity contribution is 5.81. The molecule has 1 rings (SSSR count). The Bertz CT molecular complexity index is 274. The highest BCUT2D eigenvalue weighted by Gasteiger charge is 2.12. The van der Waals surface area contributed by atoms with Crippen molar-refractivity contribution >= 4 is 5.91 Å². The number of aromatic amines is 1. The van der Waals surface area contributed by atoms with Gasteiger partial charge in [-0.1, -0.05) is 0 Å². The van der Waals surface area contributed by atoms with Crippen LogP contribution in [0.2, 0.25) is 0 Å². The number of nitrogens with two attached hydrogens (primary N) is 1. The molecule has 1 aromatic rings. The molecule has 0 saturated carbocycles. The molecule has 0 spiro atoms. The average Bonchev–Trinajstić information content (AvgIpc) is 2.67. The van der Waals surface area contributed by atoms with Gasteiger partial charge in [-0.25, -0.2) is 4.98 Å². The fraction of sp³-hybridized carbons (Fsp3) is 0.571. The topological polar surface area (TPSA) is 106 Å². The lowest BCUT2D eigenvalue weighted by Crippen LogP contribution is -2.43. The van der Waals surface area contributed by atoms with Crippen molar-refractivity contribution in [3.8, 4) is 0 Å². The van der Waals surface area contributed by atoms with E-state index in [4.69, 9.17) is 10.5 Å². The molecule has 0 aliphatic carbocycles. The minimum absolute atomic E-state index is 0.197. The molecule has 0 aromatic carbocycles. The van der Waals surface area contributed by atoms with E-state index in [0.717, 1.165) is 0 Å². The summed E-state index contributed by atoms with van der Waals surface area (Å²) in [5.41, 5.74) is 5.48.